The second-order valence-electron chi connectivity index (χ2n) is 5.33. The minimum Gasteiger partial charge on any atom is -0.370 e. The Morgan fingerprint density at radius 3 is 2.50 bits per heavy atom. The summed E-state index contributed by atoms with van der Waals surface area (Å²) in [5, 5.41) is 3.54. The van der Waals surface area contributed by atoms with Crippen LogP contribution in [0.2, 0.25) is 0 Å². The van der Waals surface area contributed by atoms with Crippen LogP contribution in [0.5, 0.6) is 0 Å². The van der Waals surface area contributed by atoms with Crippen LogP contribution >= 0.6 is 0 Å². The van der Waals surface area contributed by atoms with Crippen molar-refractivity contribution in [3.63, 3.8) is 0 Å². The largest absolute Gasteiger partial charge is 0.370 e. The van der Waals surface area contributed by atoms with E-state index in [1.165, 1.54) is 25.0 Å². The summed E-state index contributed by atoms with van der Waals surface area (Å²) in [7, 11) is 0. The van der Waals surface area contributed by atoms with Gasteiger partial charge in [0.05, 0.1) is 0 Å². The van der Waals surface area contributed by atoms with Crippen molar-refractivity contribution in [2.45, 2.75) is 25.3 Å². The van der Waals surface area contributed by atoms with Crippen molar-refractivity contribution in [2.75, 3.05) is 24.5 Å². The van der Waals surface area contributed by atoms with Crippen molar-refractivity contribution in [1.82, 2.24) is 5.32 Å². The van der Waals surface area contributed by atoms with E-state index in [0.29, 0.717) is 11.7 Å². The van der Waals surface area contributed by atoms with E-state index >= 15 is 0 Å². The maximum Gasteiger partial charge on any atom is 0.128 e. The molecule has 1 atom stereocenters. The summed E-state index contributed by atoms with van der Waals surface area (Å²) in [6.45, 7) is 2.71. The normalized spacial score (nSPS) is 25.0. The van der Waals surface area contributed by atoms with Gasteiger partial charge in [-0.2, -0.15) is 0 Å². The summed E-state index contributed by atoms with van der Waals surface area (Å²) < 4.78 is 26.5. The van der Waals surface area contributed by atoms with Crippen LogP contribution in [0.3, 0.4) is 0 Å². The second-order valence-corrected chi connectivity index (χ2v) is 5.33. The molecule has 4 heteroatoms. The lowest BCUT2D eigenvalue weighted by molar-refractivity contribution is 0.489. The molecule has 1 aliphatic heterocycles. The van der Waals surface area contributed by atoms with Crippen molar-refractivity contribution in [3.8, 4) is 0 Å². The van der Waals surface area contributed by atoms with Crippen LogP contribution in [0.1, 0.15) is 19.3 Å². The molecule has 1 saturated heterocycles. The molecule has 1 saturated carbocycles. The third kappa shape index (κ3) is 2.64. The van der Waals surface area contributed by atoms with Crippen LogP contribution in [0.4, 0.5) is 14.5 Å². The SMILES string of the molecule is Fc1cc(F)cc(N2CCCNC(C3CC3)C2)c1. The smallest absolute Gasteiger partial charge is 0.128 e. The lowest BCUT2D eigenvalue weighted by atomic mass is 10.1. The lowest BCUT2D eigenvalue weighted by Gasteiger charge is -2.26. The van der Waals surface area contributed by atoms with Gasteiger partial charge in [0.15, 0.2) is 0 Å². The van der Waals surface area contributed by atoms with Gasteiger partial charge in [0, 0.05) is 30.9 Å². The van der Waals surface area contributed by atoms with Gasteiger partial charge in [-0.15, -0.1) is 0 Å². The zero-order valence-corrected chi connectivity index (χ0v) is 10.3. The van der Waals surface area contributed by atoms with Crippen LogP contribution in [0.15, 0.2) is 18.2 Å². The van der Waals surface area contributed by atoms with Crippen molar-refractivity contribution < 1.29 is 8.78 Å². The van der Waals surface area contributed by atoms with Gasteiger partial charge in [-0.25, -0.2) is 8.78 Å². The molecule has 1 heterocycles. The molecule has 2 fully saturated rings. The van der Waals surface area contributed by atoms with Crippen molar-refractivity contribution in [1.29, 1.82) is 0 Å². The fraction of sp³-hybridized carbons (Fsp3) is 0.571. The third-order valence-electron chi connectivity index (χ3n) is 3.83. The number of hydrogen-bond donors (Lipinski definition) is 1. The highest BCUT2D eigenvalue weighted by molar-refractivity contribution is 5.47. The molecule has 98 valence electrons. The van der Waals surface area contributed by atoms with Gasteiger partial charge in [-0.3, -0.25) is 0 Å². The zero-order valence-electron chi connectivity index (χ0n) is 10.3. The van der Waals surface area contributed by atoms with Gasteiger partial charge in [0.25, 0.3) is 0 Å². The lowest BCUT2D eigenvalue weighted by Crippen LogP contribution is -2.39. The Balaban J connectivity index is 1.80. The number of benzene rings is 1. The summed E-state index contributed by atoms with van der Waals surface area (Å²) >= 11 is 0. The Morgan fingerprint density at radius 2 is 1.83 bits per heavy atom. The van der Waals surface area contributed by atoms with E-state index in [9.17, 15) is 8.78 Å². The minimum absolute atomic E-state index is 0.471. The molecule has 1 aliphatic carbocycles. The highest BCUT2D eigenvalue weighted by Gasteiger charge is 2.33. The maximum atomic E-state index is 13.3. The van der Waals surface area contributed by atoms with Gasteiger partial charge >= 0.3 is 0 Å². The first-order valence-electron chi connectivity index (χ1n) is 6.67. The molecular formula is C14H18F2N2. The summed E-state index contributed by atoms with van der Waals surface area (Å²) in [5.74, 6) is -0.237. The van der Waals surface area contributed by atoms with E-state index in [4.69, 9.17) is 0 Å². The molecule has 1 aromatic rings. The minimum atomic E-state index is -0.495. The van der Waals surface area contributed by atoms with Crippen LogP contribution < -0.4 is 10.2 Å². The van der Waals surface area contributed by atoms with E-state index < -0.39 is 11.6 Å². The van der Waals surface area contributed by atoms with Gasteiger partial charge < -0.3 is 10.2 Å². The average molecular weight is 252 g/mol. The molecule has 0 radical (unpaired) electrons. The number of anilines is 1. The molecular weight excluding hydrogens is 234 g/mol. The highest BCUT2D eigenvalue weighted by atomic mass is 19.1. The van der Waals surface area contributed by atoms with E-state index in [1.54, 1.807) is 0 Å². The van der Waals surface area contributed by atoms with E-state index in [1.807, 2.05) is 0 Å². The van der Waals surface area contributed by atoms with E-state index in [0.717, 1.165) is 38.0 Å². The summed E-state index contributed by atoms with van der Waals surface area (Å²) in [4.78, 5) is 2.11. The van der Waals surface area contributed by atoms with Gasteiger partial charge in [-0.1, -0.05) is 0 Å². The molecule has 0 spiro atoms. The summed E-state index contributed by atoms with van der Waals surface area (Å²) in [5.41, 5.74) is 0.668. The average Bonchev–Trinajstić information content (AvgIpc) is 3.14. The number of halogens is 2. The molecule has 1 aromatic carbocycles. The van der Waals surface area contributed by atoms with E-state index in [2.05, 4.69) is 10.2 Å². The van der Waals surface area contributed by atoms with Crippen LogP contribution in [-0.2, 0) is 0 Å². The Bertz CT molecular complexity index is 412. The quantitative estimate of drug-likeness (QED) is 0.870. The van der Waals surface area contributed by atoms with Crippen molar-refractivity contribution in [3.05, 3.63) is 29.8 Å². The third-order valence-corrected chi connectivity index (χ3v) is 3.83. The molecule has 2 aliphatic rings. The fourth-order valence-corrected chi connectivity index (χ4v) is 2.72. The molecule has 0 aromatic heterocycles. The molecule has 3 rings (SSSR count). The number of nitrogens with one attached hydrogen (secondary N) is 1. The predicted octanol–water partition coefficient (Wildman–Crippen LogP) is 2.54. The Labute approximate surface area is 106 Å². The Hall–Kier alpha value is -1.16. The fourth-order valence-electron chi connectivity index (χ4n) is 2.72. The van der Waals surface area contributed by atoms with Gasteiger partial charge in [0.1, 0.15) is 11.6 Å². The monoisotopic (exact) mass is 252 g/mol. The number of nitrogens with zero attached hydrogens (tertiary/aromatic N) is 1. The molecule has 2 nitrogen and oxygen atoms in total. The topological polar surface area (TPSA) is 15.3 Å². The van der Waals surface area contributed by atoms with Crippen LogP contribution in [0.25, 0.3) is 0 Å². The highest BCUT2D eigenvalue weighted by Crippen LogP contribution is 2.34. The molecule has 1 unspecified atom stereocenters. The number of rotatable bonds is 2. The first-order valence-corrected chi connectivity index (χ1v) is 6.67. The molecule has 0 amide bonds. The zero-order chi connectivity index (χ0) is 12.5. The summed E-state index contributed by atoms with van der Waals surface area (Å²) in [6.07, 6.45) is 3.58. The molecule has 1 N–H and O–H groups in total. The Morgan fingerprint density at radius 1 is 1.11 bits per heavy atom. The number of hydrogen-bond acceptors (Lipinski definition) is 2. The first-order chi connectivity index (χ1) is 8.72. The molecule has 0 bridgehead atoms. The second kappa shape index (κ2) is 4.84. The van der Waals surface area contributed by atoms with Crippen LogP contribution in [-0.4, -0.2) is 25.7 Å². The predicted molar refractivity (Wildman–Crippen MR) is 67.7 cm³/mol. The molecule has 18 heavy (non-hydrogen) atoms. The van der Waals surface area contributed by atoms with Gasteiger partial charge in [0.2, 0.25) is 0 Å². The Kier molecular flexibility index (Phi) is 3.20. The van der Waals surface area contributed by atoms with E-state index in [-0.39, 0.29) is 0 Å². The summed E-state index contributed by atoms with van der Waals surface area (Å²) in [6, 6.07) is 4.26. The maximum absolute atomic E-state index is 13.3. The van der Waals surface area contributed by atoms with Crippen LogP contribution in [0, 0.1) is 17.6 Å². The first kappa shape index (κ1) is 11.9. The van der Waals surface area contributed by atoms with Crippen molar-refractivity contribution in [2.24, 2.45) is 5.92 Å². The van der Waals surface area contributed by atoms with Crippen molar-refractivity contribution >= 4 is 5.69 Å². The van der Waals surface area contributed by atoms with Gasteiger partial charge in [-0.05, 0) is 43.9 Å². The standard InChI is InChI=1S/C14H18F2N2/c15-11-6-12(16)8-13(7-11)18-5-1-4-17-14(9-18)10-2-3-10/h6-8,10,14,17H,1-5,9H2.